The van der Waals surface area contributed by atoms with Crippen LogP contribution in [0.25, 0.3) is 0 Å². The number of nitrogens with one attached hydrogen (secondary N) is 1. The van der Waals surface area contributed by atoms with Gasteiger partial charge in [0, 0.05) is 25.6 Å². The van der Waals surface area contributed by atoms with Crippen LogP contribution in [0, 0.1) is 5.92 Å². The van der Waals surface area contributed by atoms with E-state index < -0.39 is 0 Å². The summed E-state index contributed by atoms with van der Waals surface area (Å²) < 4.78 is 5.49. The minimum Gasteiger partial charge on any atom is -0.490 e. The highest BCUT2D eigenvalue weighted by Gasteiger charge is 2.29. The van der Waals surface area contributed by atoms with Crippen molar-refractivity contribution in [1.29, 1.82) is 0 Å². The normalized spacial score (nSPS) is 20.0. The Hall–Kier alpha value is -1.56. The van der Waals surface area contributed by atoms with E-state index in [1.54, 1.807) is 13.4 Å². The number of aliphatic hydroxyl groups excluding tert-OH is 1. The van der Waals surface area contributed by atoms with Crippen LogP contribution < -0.4 is 15.0 Å². The molecule has 0 saturated carbocycles. The Morgan fingerprint density at radius 1 is 1.55 bits per heavy atom. The third-order valence-electron chi connectivity index (χ3n) is 3.74. The van der Waals surface area contributed by atoms with Gasteiger partial charge in [0.15, 0.2) is 11.6 Å². The summed E-state index contributed by atoms with van der Waals surface area (Å²) in [4.78, 5) is 10.8. The highest BCUT2D eigenvalue weighted by atomic mass is 16.5. The van der Waals surface area contributed by atoms with Gasteiger partial charge in [0.2, 0.25) is 5.75 Å². The van der Waals surface area contributed by atoms with Crippen LogP contribution in [-0.2, 0) is 0 Å². The summed E-state index contributed by atoms with van der Waals surface area (Å²) in [5.41, 5.74) is 0. The topological polar surface area (TPSA) is 70.5 Å². The molecule has 2 unspecified atom stereocenters. The van der Waals surface area contributed by atoms with Gasteiger partial charge in [-0.15, -0.1) is 0 Å². The lowest BCUT2D eigenvalue weighted by Crippen LogP contribution is -2.25. The van der Waals surface area contributed by atoms with Crippen molar-refractivity contribution in [2.75, 3.05) is 37.0 Å². The van der Waals surface area contributed by atoms with Gasteiger partial charge in [-0.3, -0.25) is 0 Å². The molecule has 2 N–H and O–H groups in total. The van der Waals surface area contributed by atoms with Crippen molar-refractivity contribution in [3.63, 3.8) is 0 Å². The predicted octanol–water partition coefficient (Wildman–Crippen LogP) is 1.51. The molecule has 1 saturated heterocycles. The Kier molecular flexibility index (Phi) is 5.00. The summed E-state index contributed by atoms with van der Waals surface area (Å²) in [5.74, 6) is 2.53. The summed E-state index contributed by atoms with van der Waals surface area (Å²) >= 11 is 0. The maximum absolute atomic E-state index is 9.71. The molecular weight excluding hydrogens is 256 g/mol. The van der Waals surface area contributed by atoms with E-state index in [1.165, 1.54) is 0 Å². The zero-order chi connectivity index (χ0) is 14.5. The highest BCUT2D eigenvalue weighted by Crippen LogP contribution is 2.35. The van der Waals surface area contributed by atoms with Crippen molar-refractivity contribution in [3.8, 4) is 5.75 Å². The molecule has 1 aromatic rings. The minimum atomic E-state index is -0.287. The summed E-state index contributed by atoms with van der Waals surface area (Å²) in [6.07, 6.45) is 3.27. The summed E-state index contributed by atoms with van der Waals surface area (Å²) in [6.45, 7) is 6.49. The first-order valence-electron chi connectivity index (χ1n) is 7.23. The van der Waals surface area contributed by atoms with Crippen LogP contribution in [0.3, 0.4) is 0 Å². The number of nitrogens with zero attached hydrogens (tertiary/aromatic N) is 3. The maximum atomic E-state index is 9.71. The molecule has 2 rings (SSSR count). The van der Waals surface area contributed by atoms with Crippen molar-refractivity contribution in [1.82, 2.24) is 9.97 Å². The molecule has 1 aromatic heterocycles. The molecule has 20 heavy (non-hydrogen) atoms. The van der Waals surface area contributed by atoms with E-state index in [4.69, 9.17) is 4.74 Å². The fraction of sp³-hybridized carbons (Fsp3) is 0.714. The molecule has 0 spiro atoms. The summed E-state index contributed by atoms with van der Waals surface area (Å²) in [7, 11) is 1.64. The molecule has 2 atom stereocenters. The first-order valence-corrected chi connectivity index (χ1v) is 7.23. The van der Waals surface area contributed by atoms with Crippen molar-refractivity contribution >= 4 is 11.6 Å². The zero-order valence-electron chi connectivity index (χ0n) is 12.5. The molecule has 1 aliphatic rings. The largest absolute Gasteiger partial charge is 0.490 e. The molecule has 112 valence electrons. The van der Waals surface area contributed by atoms with Gasteiger partial charge in [-0.2, -0.15) is 0 Å². The van der Waals surface area contributed by atoms with Crippen LogP contribution >= 0.6 is 0 Å². The Balaban J connectivity index is 2.19. The average molecular weight is 280 g/mol. The molecular formula is C14H24N4O2. The molecule has 0 aromatic carbocycles. The van der Waals surface area contributed by atoms with Gasteiger partial charge in [-0.25, -0.2) is 9.97 Å². The van der Waals surface area contributed by atoms with E-state index in [0.29, 0.717) is 11.7 Å². The van der Waals surface area contributed by atoms with Crippen molar-refractivity contribution in [3.05, 3.63) is 6.33 Å². The first kappa shape index (κ1) is 14.8. The van der Waals surface area contributed by atoms with Gasteiger partial charge in [-0.1, -0.05) is 6.92 Å². The van der Waals surface area contributed by atoms with E-state index in [0.717, 1.165) is 44.1 Å². The number of hydrogen-bond donors (Lipinski definition) is 2. The molecule has 1 aliphatic heterocycles. The molecule has 0 radical (unpaired) electrons. The highest BCUT2D eigenvalue weighted by molar-refractivity contribution is 5.65. The summed E-state index contributed by atoms with van der Waals surface area (Å²) in [6, 6.07) is 0. The van der Waals surface area contributed by atoms with Crippen molar-refractivity contribution in [2.24, 2.45) is 5.92 Å². The quantitative estimate of drug-likeness (QED) is 0.823. The zero-order valence-corrected chi connectivity index (χ0v) is 12.5. The SMILES string of the molecule is CCCNc1ncnc(N2CCC(C(C)O)C2)c1OC. The minimum absolute atomic E-state index is 0.287. The molecule has 0 aliphatic carbocycles. The lowest BCUT2D eigenvalue weighted by Gasteiger charge is -2.22. The third-order valence-corrected chi connectivity index (χ3v) is 3.74. The van der Waals surface area contributed by atoms with Gasteiger partial charge >= 0.3 is 0 Å². The standard InChI is InChI=1S/C14H24N4O2/c1-4-6-15-13-12(20-3)14(17-9-16-13)18-7-5-11(8-18)10(2)19/h9-11,19H,4-8H2,1-3H3,(H,15,16,17). The molecule has 6 nitrogen and oxygen atoms in total. The number of anilines is 2. The molecule has 2 heterocycles. The molecule has 6 heteroatoms. The smallest absolute Gasteiger partial charge is 0.204 e. The fourth-order valence-electron chi connectivity index (χ4n) is 2.52. The molecule has 0 bridgehead atoms. The van der Waals surface area contributed by atoms with Crippen molar-refractivity contribution in [2.45, 2.75) is 32.8 Å². The van der Waals surface area contributed by atoms with Crippen LogP contribution in [0.2, 0.25) is 0 Å². The van der Waals surface area contributed by atoms with E-state index in [9.17, 15) is 5.11 Å². The second kappa shape index (κ2) is 6.74. The lowest BCUT2D eigenvalue weighted by atomic mass is 10.0. The average Bonchev–Trinajstić information content (AvgIpc) is 2.94. The van der Waals surface area contributed by atoms with E-state index in [1.807, 2.05) is 6.92 Å². The van der Waals surface area contributed by atoms with Crippen molar-refractivity contribution < 1.29 is 9.84 Å². The van der Waals surface area contributed by atoms with Crippen LogP contribution in [0.1, 0.15) is 26.7 Å². The fourth-order valence-corrected chi connectivity index (χ4v) is 2.52. The van der Waals surface area contributed by atoms with Gasteiger partial charge in [0.1, 0.15) is 6.33 Å². The predicted molar refractivity (Wildman–Crippen MR) is 79.4 cm³/mol. The Morgan fingerprint density at radius 2 is 2.35 bits per heavy atom. The van der Waals surface area contributed by atoms with E-state index in [2.05, 4.69) is 27.1 Å². The number of aliphatic hydroxyl groups is 1. The second-order valence-electron chi connectivity index (χ2n) is 5.24. The lowest BCUT2D eigenvalue weighted by molar-refractivity contribution is 0.136. The maximum Gasteiger partial charge on any atom is 0.204 e. The Morgan fingerprint density at radius 3 is 2.95 bits per heavy atom. The third kappa shape index (κ3) is 3.12. The Bertz CT molecular complexity index is 439. The van der Waals surface area contributed by atoms with Gasteiger partial charge in [-0.05, 0) is 19.8 Å². The second-order valence-corrected chi connectivity index (χ2v) is 5.24. The number of hydrogen-bond acceptors (Lipinski definition) is 6. The molecule has 1 fully saturated rings. The number of aromatic nitrogens is 2. The van der Waals surface area contributed by atoms with Crippen LogP contribution in [0.4, 0.5) is 11.6 Å². The van der Waals surface area contributed by atoms with Crippen LogP contribution in [0.5, 0.6) is 5.75 Å². The molecule has 0 amide bonds. The first-order chi connectivity index (χ1) is 9.67. The van der Waals surface area contributed by atoms with Gasteiger partial charge in [0.25, 0.3) is 0 Å². The number of methoxy groups -OCH3 is 1. The monoisotopic (exact) mass is 280 g/mol. The number of rotatable bonds is 6. The van der Waals surface area contributed by atoms with Crippen LogP contribution in [0.15, 0.2) is 6.33 Å². The Labute approximate surface area is 120 Å². The van der Waals surface area contributed by atoms with E-state index in [-0.39, 0.29) is 6.10 Å². The van der Waals surface area contributed by atoms with Crippen LogP contribution in [-0.4, -0.2) is 47.9 Å². The van der Waals surface area contributed by atoms with Gasteiger partial charge in [0.05, 0.1) is 13.2 Å². The van der Waals surface area contributed by atoms with E-state index >= 15 is 0 Å². The van der Waals surface area contributed by atoms with Gasteiger partial charge < -0.3 is 20.1 Å². The number of ether oxygens (including phenoxy) is 1. The summed E-state index contributed by atoms with van der Waals surface area (Å²) in [5, 5.41) is 13.0.